The third-order valence-electron chi connectivity index (χ3n) is 7.44. The van der Waals surface area contributed by atoms with Crippen LogP contribution in [0.2, 0.25) is 0 Å². The molecule has 0 spiro atoms. The van der Waals surface area contributed by atoms with E-state index < -0.39 is 29.3 Å². The van der Waals surface area contributed by atoms with Crippen molar-refractivity contribution in [2.75, 3.05) is 5.32 Å². The van der Waals surface area contributed by atoms with Gasteiger partial charge in [-0.1, -0.05) is 80.4 Å². The largest absolute Gasteiger partial charge is 0.444 e. The lowest BCUT2D eigenvalue weighted by Gasteiger charge is -2.45. The molecule has 42 heavy (non-hydrogen) atoms. The summed E-state index contributed by atoms with van der Waals surface area (Å²) in [6.45, 7) is 18.9. The second-order valence-electron chi connectivity index (χ2n) is 13.1. The number of anilines is 1. The Balaban J connectivity index is 2.13. The van der Waals surface area contributed by atoms with Crippen LogP contribution in [0.15, 0.2) is 60.7 Å². The monoisotopic (exact) mass is 573 g/mol. The number of hydrogen-bond acceptors (Lipinski definition) is 4. The van der Waals surface area contributed by atoms with Crippen LogP contribution in [0.4, 0.5) is 10.5 Å². The summed E-state index contributed by atoms with van der Waals surface area (Å²) in [7, 11) is 0. The van der Waals surface area contributed by atoms with Gasteiger partial charge in [0.25, 0.3) is 5.91 Å². The van der Waals surface area contributed by atoms with Gasteiger partial charge >= 0.3 is 6.09 Å². The molecule has 3 amide bonds. The SMILES string of the molecule is CCC(C)(C)N(C(=O)C(NC(=O)OC(C)(C)C)C(C)C)C(C(=O)Nc1ccc2ccccc2c1)c1cc(C)cc(C)c1. The molecule has 0 heterocycles. The summed E-state index contributed by atoms with van der Waals surface area (Å²) < 4.78 is 5.50. The first-order valence-electron chi connectivity index (χ1n) is 14.7. The highest BCUT2D eigenvalue weighted by Crippen LogP contribution is 2.35. The molecule has 0 aliphatic carbocycles. The molecule has 0 aliphatic rings. The molecule has 0 fully saturated rings. The summed E-state index contributed by atoms with van der Waals surface area (Å²) >= 11 is 0. The number of rotatable bonds is 9. The molecule has 2 unspecified atom stereocenters. The normalized spacial score (nSPS) is 13.4. The van der Waals surface area contributed by atoms with E-state index >= 15 is 0 Å². The molecule has 0 aromatic heterocycles. The molecule has 2 atom stereocenters. The third-order valence-corrected chi connectivity index (χ3v) is 7.44. The first kappa shape index (κ1) is 32.6. The minimum atomic E-state index is -0.959. The molecule has 226 valence electrons. The first-order chi connectivity index (χ1) is 19.5. The molecular weight excluding hydrogens is 526 g/mol. The molecule has 0 saturated carbocycles. The molecule has 0 radical (unpaired) electrons. The number of benzene rings is 3. The van der Waals surface area contributed by atoms with Crippen molar-refractivity contribution in [3.05, 3.63) is 77.4 Å². The minimum Gasteiger partial charge on any atom is -0.444 e. The van der Waals surface area contributed by atoms with Gasteiger partial charge in [0.2, 0.25) is 5.91 Å². The average molecular weight is 574 g/mol. The van der Waals surface area contributed by atoms with E-state index in [0.717, 1.165) is 21.9 Å². The summed E-state index contributed by atoms with van der Waals surface area (Å²) in [4.78, 5) is 43.4. The van der Waals surface area contributed by atoms with E-state index in [4.69, 9.17) is 4.74 Å². The van der Waals surface area contributed by atoms with Crippen molar-refractivity contribution >= 4 is 34.4 Å². The van der Waals surface area contributed by atoms with Crippen LogP contribution < -0.4 is 10.6 Å². The zero-order chi connectivity index (χ0) is 31.4. The van der Waals surface area contributed by atoms with E-state index in [1.807, 2.05) is 109 Å². The van der Waals surface area contributed by atoms with Gasteiger partial charge in [0.05, 0.1) is 0 Å². The fraction of sp³-hybridized carbons (Fsp3) is 0.457. The van der Waals surface area contributed by atoms with Gasteiger partial charge in [-0.3, -0.25) is 9.59 Å². The Hall–Kier alpha value is -3.87. The Kier molecular flexibility index (Phi) is 10.1. The smallest absolute Gasteiger partial charge is 0.408 e. The van der Waals surface area contributed by atoms with Crippen LogP contribution in [-0.2, 0) is 14.3 Å². The van der Waals surface area contributed by atoms with Gasteiger partial charge in [-0.2, -0.15) is 0 Å². The van der Waals surface area contributed by atoms with Crippen molar-refractivity contribution in [1.82, 2.24) is 10.2 Å². The number of alkyl carbamates (subject to hydrolysis) is 1. The second-order valence-corrected chi connectivity index (χ2v) is 13.1. The van der Waals surface area contributed by atoms with Crippen molar-refractivity contribution in [3.8, 4) is 0 Å². The van der Waals surface area contributed by atoms with Gasteiger partial charge < -0.3 is 20.3 Å². The van der Waals surface area contributed by atoms with Crippen molar-refractivity contribution < 1.29 is 19.1 Å². The average Bonchev–Trinajstić information content (AvgIpc) is 2.87. The Morgan fingerprint density at radius 3 is 2.00 bits per heavy atom. The van der Waals surface area contributed by atoms with E-state index in [1.54, 1.807) is 25.7 Å². The molecule has 0 saturated heterocycles. The Labute approximate surface area is 251 Å². The van der Waals surface area contributed by atoms with Crippen LogP contribution in [-0.4, -0.2) is 40.0 Å². The van der Waals surface area contributed by atoms with E-state index in [0.29, 0.717) is 17.7 Å². The van der Waals surface area contributed by atoms with Crippen molar-refractivity contribution in [2.24, 2.45) is 5.92 Å². The summed E-state index contributed by atoms with van der Waals surface area (Å²) in [6, 6.07) is 17.8. The van der Waals surface area contributed by atoms with Crippen LogP contribution in [0.25, 0.3) is 10.8 Å². The number of fused-ring (bicyclic) bond motifs is 1. The fourth-order valence-electron chi connectivity index (χ4n) is 5.11. The number of carbonyl (C=O) groups is 3. The van der Waals surface area contributed by atoms with E-state index in [1.165, 1.54) is 0 Å². The molecule has 0 aliphatic heterocycles. The van der Waals surface area contributed by atoms with Gasteiger partial charge in [0.1, 0.15) is 17.7 Å². The number of hydrogen-bond donors (Lipinski definition) is 2. The molecular formula is C35H47N3O4. The number of nitrogens with one attached hydrogen (secondary N) is 2. The van der Waals surface area contributed by atoms with Gasteiger partial charge in [-0.15, -0.1) is 0 Å². The first-order valence-corrected chi connectivity index (χ1v) is 14.7. The summed E-state index contributed by atoms with van der Waals surface area (Å²) in [5, 5.41) is 7.97. The lowest BCUT2D eigenvalue weighted by atomic mass is 9.89. The van der Waals surface area contributed by atoms with Crippen molar-refractivity contribution in [3.63, 3.8) is 0 Å². The lowest BCUT2D eigenvalue weighted by Crippen LogP contribution is -2.60. The van der Waals surface area contributed by atoms with E-state index in [2.05, 4.69) is 10.6 Å². The Morgan fingerprint density at radius 1 is 0.857 bits per heavy atom. The minimum absolute atomic E-state index is 0.261. The molecule has 3 rings (SSSR count). The highest BCUT2D eigenvalue weighted by molar-refractivity contribution is 6.00. The van der Waals surface area contributed by atoms with Gasteiger partial charge in [-0.25, -0.2) is 4.79 Å². The maximum Gasteiger partial charge on any atom is 0.408 e. The zero-order valence-corrected chi connectivity index (χ0v) is 26.8. The second kappa shape index (κ2) is 13.0. The molecule has 3 aromatic rings. The van der Waals surface area contributed by atoms with Crippen LogP contribution in [0.5, 0.6) is 0 Å². The number of amides is 3. The van der Waals surface area contributed by atoms with Crippen molar-refractivity contribution in [1.29, 1.82) is 0 Å². The van der Waals surface area contributed by atoms with Gasteiger partial charge in [-0.05, 0) is 89.3 Å². The van der Waals surface area contributed by atoms with Crippen LogP contribution in [0.3, 0.4) is 0 Å². The van der Waals surface area contributed by atoms with E-state index in [-0.39, 0.29) is 17.7 Å². The van der Waals surface area contributed by atoms with Gasteiger partial charge in [0, 0.05) is 11.2 Å². The Morgan fingerprint density at radius 2 is 1.45 bits per heavy atom. The molecule has 3 aromatic carbocycles. The standard InChI is InChI=1S/C35H47N3O4/c1-11-35(9,10)38(32(40)29(22(2)3)37-33(41)42-34(6,7)8)30(27-19-23(4)18-24(5)20-27)31(39)36-28-17-16-25-14-12-13-15-26(25)21-28/h12-22,29-30H,11H2,1-10H3,(H,36,39)(H,37,41). The quantitative estimate of drug-likeness (QED) is 0.275. The fourth-order valence-corrected chi connectivity index (χ4v) is 5.11. The number of nitrogens with zero attached hydrogens (tertiary/aromatic N) is 1. The van der Waals surface area contributed by atoms with E-state index in [9.17, 15) is 14.4 Å². The van der Waals surface area contributed by atoms with Crippen LogP contribution >= 0.6 is 0 Å². The molecule has 7 heteroatoms. The number of aryl methyl sites for hydroxylation is 2. The summed E-state index contributed by atoms with van der Waals surface area (Å²) in [6.07, 6.45) is -0.0899. The predicted molar refractivity (Wildman–Crippen MR) is 170 cm³/mol. The molecule has 7 nitrogen and oxygen atoms in total. The topological polar surface area (TPSA) is 87.7 Å². The molecule has 2 N–H and O–H groups in total. The lowest BCUT2D eigenvalue weighted by molar-refractivity contribution is -0.148. The third kappa shape index (κ3) is 8.11. The highest BCUT2D eigenvalue weighted by atomic mass is 16.6. The maximum atomic E-state index is 14.6. The van der Waals surface area contributed by atoms with Crippen molar-refractivity contribution in [2.45, 2.75) is 98.9 Å². The number of ether oxygens (including phenoxy) is 1. The Bertz CT molecular complexity index is 1420. The summed E-state index contributed by atoms with van der Waals surface area (Å²) in [5.41, 5.74) is 1.87. The molecule has 0 bridgehead atoms. The maximum absolute atomic E-state index is 14.6. The zero-order valence-electron chi connectivity index (χ0n) is 26.8. The number of carbonyl (C=O) groups excluding carboxylic acids is 3. The van der Waals surface area contributed by atoms with Crippen LogP contribution in [0, 0.1) is 19.8 Å². The highest BCUT2D eigenvalue weighted by Gasteiger charge is 2.44. The van der Waals surface area contributed by atoms with Crippen LogP contribution in [0.1, 0.15) is 84.5 Å². The summed E-state index contributed by atoms with van der Waals surface area (Å²) in [5.74, 6) is -0.936. The van der Waals surface area contributed by atoms with Gasteiger partial charge in [0.15, 0.2) is 0 Å². The predicted octanol–water partition coefficient (Wildman–Crippen LogP) is 7.70.